The van der Waals surface area contributed by atoms with Crippen molar-refractivity contribution in [2.45, 2.75) is 11.8 Å². The van der Waals surface area contributed by atoms with E-state index >= 15 is 0 Å². The third kappa shape index (κ3) is 4.66. The number of hydrogen-bond donors (Lipinski definition) is 2. The summed E-state index contributed by atoms with van der Waals surface area (Å²) in [7, 11) is -3.84. The second kappa shape index (κ2) is 8.10. The van der Waals surface area contributed by atoms with Crippen molar-refractivity contribution in [3.05, 3.63) is 95.6 Å². The number of allylic oxidation sites excluding steroid dienone is 1. The Morgan fingerprint density at radius 1 is 0.964 bits per heavy atom. The predicted octanol–water partition coefficient (Wildman–Crippen LogP) is 4.40. The van der Waals surface area contributed by atoms with Crippen LogP contribution in [0.2, 0.25) is 0 Å². The number of benzene rings is 3. The number of nitrogens with one attached hydrogen (secondary N) is 1. The molecule has 0 bridgehead atoms. The second-order valence-electron chi connectivity index (χ2n) is 6.25. The summed E-state index contributed by atoms with van der Waals surface area (Å²) >= 11 is 0. The summed E-state index contributed by atoms with van der Waals surface area (Å²) in [5.41, 5.74) is 2.11. The maximum Gasteiger partial charge on any atom is 0.261 e. The van der Waals surface area contributed by atoms with E-state index in [4.69, 9.17) is 0 Å². The molecule has 5 nitrogen and oxygen atoms in total. The average Bonchev–Trinajstić information content (AvgIpc) is 2.68. The van der Waals surface area contributed by atoms with Gasteiger partial charge < -0.3 is 5.11 Å². The molecule has 0 fully saturated rings. The number of carbonyl (C=O) groups excluding carboxylic acids is 1. The van der Waals surface area contributed by atoms with Gasteiger partial charge in [0.25, 0.3) is 10.0 Å². The standard InChI is InChI=1S/C22H19NO4S/c1-16-7-12-20(13-8-16)28(26,27)23-21-15-19(24)11-9-17(21)10-14-22(25)18-5-3-2-4-6-18/h2-15,23-24H,1H3. The van der Waals surface area contributed by atoms with Gasteiger partial charge in [-0.15, -0.1) is 0 Å². The first-order valence-corrected chi connectivity index (χ1v) is 10.0. The maximum atomic E-state index is 12.7. The Bertz CT molecular complexity index is 1120. The highest BCUT2D eigenvalue weighted by atomic mass is 32.2. The Morgan fingerprint density at radius 3 is 2.32 bits per heavy atom. The molecular formula is C22H19NO4S. The second-order valence-corrected chi connectivity index (χ2v) is 7.94. The van der Waals surface area contributed by atoms with E-state index in [-0.39, 0.29) is 22.1 Å². The summed E-state index contributed by atoms with van der Waals surface area (Å²) in [6, 6.07) is 19.4. The smallest absolute Gasteiger partial charge is 0.261 e. The van der Waals surface area contributed by atoms with Crippen molar-refractivity contribution in [1.82, 2.24) is 0 Å². The number of ketones is 1. The van der Waals surface area contributed by atoms with Crippen molar-refractivity contribution in [3.63, 3.8) is 0 Å². The third-order valence-corrected chi connectivity index (χ3v) is 5.47. The first-order chi connectivity index (χ1) is 13.3. The molecular weight excluding hydrogens is 374 g/mol. The molecule has 0 spiro atoms. The Labute approximate surface area is 164 Å². The molecule has 0 atom stereocenters. The lowest BCUT2D eigenvalue weighted by atomic mass is 10.1. The molecule has 0 heterocycles. The third-order valence-electron chi connectivity index (χ3n) is 4.09. The highest BCUT2D eigenvalue weighted by Crippen LogP contribution is 2.26. The highest BCUT2D eigenvalue weighted by Gasteiger charge is 2.16. The molecule has 0 aliphatic carbocycles. The van der Waals surface area contributed by atoms with Crippen molar-refractivity contribution in [2.75, 3.05) is 4.72 Å². The SMILES string of the molecule is Cc1ccc(S(=O)(=O)Nc2cc(O)ccc2C=CC(=O)c2ccccc2)cc1. The van der Waals surface area contributed by atoms with Crippen LogP contribution < -0.4 is 4.72 Å². The summed E-state index contributed by atoms with van der Waals surface area (Å²) in [6.07, 6.45) is 2.88. The Balaban J connectivity index is 1.90. The molecule has 0 aromatic heterocycles. The van der Waals surface area contributed by atoms with Crippen molar-refractivity contribution >= 4 is 27.6 Å². The number of phenolic OH excluding ortho intramolecular Hbond substituents is 1. The largest absolute Gasteiger partial charge is 0.508 e. The Morgan fingerprint density at radius 2 is 1.64 bits per heavy atom. The van der Waals surface area contributed by atoms with Gasteiger partial charge in [-0.3, -0.25) is 9.52 Å². The van der Waals surface area contributed by atoms with E-state index in [0.717, 1.165) is 5.56 Å². The van der Waals surface area contributed by atoms with E-state index in [2.05, 4.69) is 4.72 Å². The highest BCUT2D eigenvalue weighted by molar-refractivity contribution is 7.92. The van der Waals surface area contributed by atoms with Crippen molar-refractivity contribution in [3.8, 4) is 5.75 Å². The maximum absolute atomic E-state index is 12.7. The van der Waals surface area contributed by atoms with E-state index < -0.39 is 10.0 Å². The van der Waals surface area contributed by atoms with Gasteiger partial charge >= 0.3 is 0 Å². The average molecular weight is 393 g/mol. The first kappa shape index (κ1) is 19.4. The zero-order valence-electron chi connectivity index (χ0n) is 15.2. The van der Waals surface area contributed by atoms with Gasteiger partial charge in [-0.1, -0.05) is 48.0 Å². The summed E-state index contributed by atoms with van der Waals surface area (Å²) in [5, 5.41) is 9.77. The molecule has 6 heteroatoms. The van der Waals surface area contributed by atoms with E-state index in [1.807, 2.05) is 13.0 Å². The van der Waals surface area contributed by atoms with Crippen LogP contribution in [-0.2, 0) is 10.0 Å². The van der Waals surface area contributed by atoms with Crippen LogP contribution in [0.5, 0.6) is 5.75 Å². The topological polar surface area (TPSA) is 83.5 Å². The van der Waals surface area contributed by atoms with Crippen LogP contribution in [0.1, 0.15) is 21.5 Å². The molecule has 142 valence electrons. The predicted molar refractivity (Wildman–Crippen MR) is 110 cm³/mol. The quantitative estimate of drug-likeness (QED) is 0.480. The molecule has 0 radical (unpaired) electrons. The minimum atomic E-state index is -3.84. The Hall–Kier alpha value is -3.38. The van der Waals surface area contributed by atoms with Crippen LogP contribution >= 0.6 is 0 Å². The number of sulfonamides is 1. The van der Waals surface area contributed by atoms with E-state index in [9.17, 15) is 18.3 Å². The minimum absolute atomic E-state index is 0.0897. The summed E-state index contributed by atoms with van der Waals surface area (Å²) < 4.78 is 27.8. The molecule has 0 aliphatic rings. The number of carbonyl (C=O) groups is 1. The van der Waals surface area contributed by atoms with Crippen molar-refractivity contribution in [2.24, 2.45) is 0 Å². The lowest BCUT2D eigenvalue weighted by Gasteiger charge is -2.11. The molecule has 0 amide bonds. The Kier molecular flexibility index (Phi) is 5.61. The van der Waals surface area contributed by atoms with Crippen LogP contribution in [0.15, 0.2) is 83.8 Å². The van der Waals surface area contributed by atoms with Gasteiger partial charge in [-0.05, 0) is 48.9 Å². The zero-order valence-corrected chi connectivity index (χ0v) is 16.0. The van der Waals surface area contributed by atoms with E-state index in [1.165, 1.54) is 42.5 Å². The van der Waals surface area contributed by atoms with Crippen LogP contribution in [0.25, 0.3) is 6.08 Å². The van der Waals surface area contributed by atoms with Crippen LogP contribution in [0.3, 0.4) is 0 Å². The molecule has 28 heavy (non-hydrogen) atoms. The van der Waals surface area contributed by atoms with Gasteiger partial charge in [-0.25, -0.2) is 8.42 Å². The molecule has 0 aliphatic heterocycles. The van der Waals surface area contributed by atoms with Gasteiger partial charge in [0.2, 0.25) is 0 Å². The number of aryl methyl sites for hydroxylation is 1. The number of aromatic hydroxyl groups is 1. The van der Waals surface area contributed by atoms with Gasteiger partial charge in [0, 0.05) is 11.6 Å². The first-order valence-electron chi connectivity index (χ1n) is 8.55. The summed E-state index contributed by atoms with van der Waals surface area (Å²) in [6.45, 7) is 1.87. The van der Waals surface area contributed by atoms with Gasteiger partial charge in [0.15, 0.2) is 5.78 Å². The fourth-order valence-electron chi connectivity index (χ4n) is 2.56. The number of rotatable bonds is 6. The summed E-state index contributed by atoms with van der Waals surface area (Å²) in [4.78, 5) is 12.4. The molecule has 3 aromatic rings. The zero-order chi connectivity index (χ0) is 20.1. The summed E-state index contributed by atoms with van der Waals surface area (Å²) in [5.74, 6) is -0.297. The van der Waals surface area contributed by atoms with Crippen LogP contribution in [0.4, 0.5) is 5.69 Å². The monoisotopic (exact) mass is 393 g/mol. The van der Waals surface area contributed by atoms with Gasteiger partial charge in [0.1, 0.15) is 5.75 Å². The van der Waals surface area contributed by atoms with E-state index in [1.54, 1.807) is 36.4 Å². The van der Waals surface area contributed by atoms with Gasteiger partial charge in [-0.2, -0.15) is 0 Å². The van der Waals surface area contributed by atoms with Crippen molar-refractivity contribution < 1.29 is 18.3 Å². The van der Waals surface area contributed by atoms with E-state index in [0.29, 0.717) is 11.1 Å². The number of hydrogen-bond acceptors (Lipinski definition) is 4. The molecule has 2 N–H and O–H groups in total. The fourth-order valence-corrected chi connectivity index (χ4v) is 3.64. The lowest BCUT2D eigenvalue weighted by Crippen LogP contribution is -2.13. The number of anilines is 1. The van der Waals surface area contributed by atoms with Gasteiger partial charge in [0.05, 0.1) is 10.6 Å². The molecule has 0 unspecified atom stereocenters. The van der Waals surface area contributed by atoms with Crippen molar-refractivity contribution in [1.29, 1.82) is 0 Å². The van der Waals surface area contributed by atoms with Crippen LogP contribution in [-0.4, -0.2) is 19.3 Å². The normalized spacial score (nSPS) is 11.5. The molecule has 0 saturated heterocycles. The molecule has 3 aromatic carbocycles. The van der Waals surface area contributed by atoms with Crippen LogP contribution in [0, 0.1) is 6.92 Å². The fraction of sp³-hybridized carbons (Fsp3) is 0.0455. The lowest BCUT2D eigenvalue weighted by molar-refractivity contribution is 0.104. The minimum Gasteiger partial charge on any atom is -0.508 e. The molecule has 0 saturated carbocycles. The number of phenols is 1. The molecule has 3 rings (SSSR count).